The maximum Gasteiger partial charge on any atom is 0.122 e. The minimum Gasteiger partial charge on any atom is -0.468 e. The molecule has 0 radical (unpaired) electrons. The third-order valence-electron chi connectivity index (χ3n) is 3.08. The second-order valence-electron chi connectivity index (χ2n) is 4.64. The first kappa shape index (κ1) is 13.3. The molecule has 98 valence electrons. The molecule has 2 aromatic rings. The van der Waals surface area contributed by atoms with E-state index in [2.05, 4.69) is 48.7 Å². The zero-order valence-corrected chi connectivity index (χ0v) is 11.9. The third kappa shape index (κ3) is 3.22. The van der Waals surface area contributed by atoms with Crippen LogP contribution in [0.15, 0.2) is 40.3 Å². The van der Waals surface area contributed by atoms with E-state index >= 15 is 0 Å². The second-order valence-corrected chi connectivity index (χ2v) is 5.62. The summed E-state index contributed by atoms with van der Waals surface area (Å²) in [5.41, 5.74) is 0. The van der Waals surface area contributed by atoms with Crippen molar-refractivity contribution in [3.8, 4) is 0 Å². The lowest BCUT2D eigenvalue weighted by Crippen LogP contribution is -2.32. The molecule has 0 amide bonds. The average Bonchev–Trinajstić information content (AvgIpc) is 3.01. The number of thiophene rings is 1. The summed E-state index contributed by atoms with van der Waals surface area (Å²) in [5, 5.41) is 5.68. The molecule has 2 rings (SSSR count). The normalized spacial score (nSPS) is 14.9. The van der Waals surface area contributed by atoms with Crippen LogP contribution in [0.4, 0.5) is 0 Å². The van der Waals surface area contributed by atoms with Gasteiger partial charge in [0, 0.05) is 17.5 Å². The average molecular weight is 264 g/mol. The van der Waals surface area contributed by atoms with E-state index in [0.717, 1.165) is 12.3 Å². The quantitative estimate of drug-likeness (QED) is 0.868. The molecule has 4 heteroatoms. The fourth-order valence-electron chi connectivity index (χ4n) is 1.95. The van der Waals surface area contributed by atoms with Crippen LogP contribution in [0.5, 0.6) is 0 Å². The summed E-state index contributed by atoms with van der Waals surface area (Å²) in [5.74, 6) is 1.01. The van der Waals surface area contributed by atoms with E-state index in [1.54, 1.807) is 17.6 Å². The molecule has 2 heterocycles. The van der Waals surface area contributed by atoms with Gasteiger partial charge in [-0.1, -0.05) is 6.07 Å². The van der Waals surface area contributed by atoms with Crippen LogP contribution in [0.2, 0.25) is 0 Å². The summed E-state index contributed by atoms with van der Waals surface area (Å²) in [4.78, 5) is 3.54. The van der Waals surface area contributed by atoms with Crippen molar-refractivity contribution in [2.24, 2.45) is 0 Å². The molecule has 0 aliphatic rings. The molecule has 0 bridgehead atoms. The number of hydrogen-bond donors (Lipinski definition) is 1. The standard InChI is InChI=1S/C14H20N2OS/c1-11(14-7-5-9-18-14)15-10-12(16(2)3)13-6-4-8-17-13/h4-9,11-12,15H,10H2,1-3H3. The number of nitrogens with zero attached hydrogens (tertiary/aromatic N) is 1. The lowest BCUT2D eigenvalue weighted by Gasteiger charge is -2.24. The molecule has 0 saturated heterocycles. The SMILES string of the molecule is CC(NCC(c1ccco1)N(C)C)c1cccs1. The molecule has 1 N–H and O–H groups in total. The van der Waals surface area contributed by atoms with Crippen molar-refractivity contribution in [1.29, 1.82) is 0 Å². The molecule has 0 saturated carbocycles. The Balaban J connectivity index is 1.94. The summed E-state index contributed by atoms with van der Waals surface area (Å²) in [7, 11) is 4.15. The van der Waals surface area contributed by atoms with E-state index in [-0.39, 0.29) is 6.04 Å². The van der Waals surface area contributed by atoms with Crippen LogP contribution in [-0.4, -0.2) is 25.5 Å². The Hall–Kier alpha value is -1.10. The highest BCUT2D eigenvalue weighted by molar-refractivity contribution is 7.10. The predicted octanol–water partition coefficient (Wildman–Crippen LogP) is 3.29. The number of rotatable bonds is 6. The third-order valence-corrected chi connectivity index (χ3v) is 4.14. The fraction of sp³-hybridized carbons (Fsp3) is 0.429. The van der Waals surface area contributed by atoms with Crippen LogP contribution < -0.4 is 5.32 Å². The van der Waals surface area contributed by atoms with E-state index in [4.69, 9.17) is 4.42 Å². The fourth-order valence-corrected chi connectivity index (χ4v) is 2.70. The molecule has 0 aromatic carbocycles. The van der Waals surface area contributed by atoms with Crippen LogP contribution in [0.25, 0.3) is 0 Å². The van der Waals surface area contributed by atoms with E-state index < -0.39 is 0 Å². The Morgan fingerprint density at radius 2 is 2.17 bits per heavy atom. The molecule has 3 nitrogen and oxygen atoms in total. The van der Waals surface area contributed by atoms with Crippen LogP contribution in [0, 0.1) is 0 Å². The van der Waals surface area contributed by atoms with Gasteiger partial charge in [-0.25, -0.2) is 0 Å². The van der Waals surface area contributed by atoms with Crippen LogP contribution in [0.1, 0.15) is 29.6 Å². The molecular weight excluding hydrogens is 244 g/mol. The molecular formula is C14H20N2OS. The number of furan rings is 1. The van der Waals surface area contributed by atoms with Crippen LogP contribution in [0.3, 0.4) is 0 Å². The van der Waals surface area contributed by atoms with E-state index in [1.165, 1.54) is 4.88 Å². The lowest BCUT2D eigenvalue weighted by molar-refractivity contribution is 0.245. The lowest BCUT2D eigenvalue weighted by atomic mass is 10.2. The molecule has 2 atom stereocenters. The zero-order valence-electron chi connectivity index (χ0n) is 11.1. The Morgan fingerprint density at radius 3 is 2.72 bits per heavy atom. The highest BCUT2D eigenvalue weighted by Gasteiger charge is 2.18. The first-order chi connectivity index (χ1) is 8.68. The van der Waals surface area contributed by atoms with Gasteiger partial charge in [-0.2, -0.15) is 0 Å². The monoisotopic (exact) mass is 264 g/mol. The molecule has 0 aliphatic heterocycles. The highest BCUT2D eigenvalue weighted by Crippen LogP contribution is 2.21. The van der Waals surface area contributed by atoms with Gasteiger partial charge >= 0.3 is 0 Å². The van der Waals surface area contributed by atoms with Gasteiger partial charge in [0.25, 0.3) is 0 Å². The van der Waals surface area contributed by atoms with Crippen molar-refractivity contribution in [3.05, 3.63) is 46.5 Å². The first-order valence-electron chi connectivity index (χ1n) is 6.15. The van der Waals surface area contributed by atoms with Crippen LogP contribution >= 0.6 is 11.3 Å². The van der Waals surface area contributed by atoms with Gasteiger partial charge in [0.1, 0.15) is 5.76 Å². The molecule has 0 aliphatic carbocycles. The van der Waals surface area contributed by atoms with Gasteiger partial charge < -0.3 is 9.73 Å². The first-order valence-corrected chi connectivity index (χ1v) is 7.03. The second kappa shape index (κ2) is 6.18. The van der Waals surface area contributed by atoms with Crippen molar-refractivity contribution in [2.45, 2.75) is 19.0 Å². The van der Waals surface area contributed by atoms with Crippen molar-refractivity contribution >= 4 is 11.3 Å². The van der Waals surface area contributed by atoms with Gasteiger partial charge in [0.15, 0.2) is 0 Å². The summed E-state index contributed by atoms with van der Waals surface area (Å²) < 4.78 is 5.50. The molecule has 0 spiro atoms. The minimum absolute atomic E-state index is 0.266. The van der Waals surface area contributed by atoms with E-state index in [1.807, 2.05) is 12.1 Å². The molecule has 0 fully saturated rings. The molecule has 2 unspecified atom stereocenters. The Kier molecular flexibility index (Phi) is 4.58. The Bertz CT molecular complexity index is 436. The Labute approximate surface area is 112 Å². The largest absolute Gasteiger partial charge is 0.468 e. The maximum absolute atomic E-state index is 5.50. The summed E-state index contributed by atoms with van der Waals surface area (Å²) in [6, 6.07) is 8.87. The smallest absolute Gasteiger partial charge is 0.122 e. The molecule has 18 heavy (non-hydrogen) atoms. The summed E-state index contributed by atoms with van der Waals surface area (Å²) in [6.07, 6.45) is 1.73. The van der Waals surface area contributed by atoms with Crippen molar-refractivity contribution < 1.29 is 4.42 Å². The minimum atomic E-state index is 0.266. The zero-order chi connectivity index (χ0) is 13.0. The topological polar surface area (TPSA) is 28.4 Å². The Morgan fingerprint density at radius 1 is 1.33 bits per heavy atom. The van der Waals surface area contributed by atoms with Gasteiger partial charge in [-0.05, 0) is 44.6 Å². The van der Waals surface area contributed by atoms with Crippen molar-refractivity contribution in [3.63, 3.8) is 0 Å². The van der Waals surface area contributed by atoms with Crippen molar-refractivity contribution in [2.75, 3.05) is 20.6 Å². The van der Waals surface area contributed by atoms with Gasteiger partial charge in [0.05, 0.1) is 12.3 Å². The summed E-state index contributed by atoms with van der Waals surface area (Å²) in [6.45, 7) is 3.07. The number of nitrogens with one attached hydrogen (secondary N) is 1. The molecule has 2 aromatic heterocycles. The highest BCUT2D eigenvalue weighted by atomic mass is 32.1. The summed E-state index contributed by atoms with van der Waals surface area (Å²) >= 11 is 1.79. The van der Waals surface area contributed by atoms with Crippen LogP contribution in [-0.2, 0) is 0 Å². The van der Waals surface area contributed by atoms with Gasteiger partial charge in [-0.15, -0.1) is 11.3 Å². The van der Waals surface area contributed by atoms with Gasteiger partial charge in [-0.3, -0.25) is 4.90 Å². The van der Waals surface area contributed by atoms with Crippen molar-refractivity contribution in [1.82, 2.24) is 10.2 Å². The van der Waals surface area contributed by atoms with E-state index in [9.17, 15) is 0 Å². The number of hydrogen-bond acceptors (Lipinski definition) is 4. The number of likely N-dealkylation sites (N-methyl/N-ethyl adjacent to an activating group) is 1. The van der Waals surface area contributed by atoms with E-state index in [0.29, 0.717) is 6.04 Å². The predicted molar refractivity (Wildman–Crippen MR) is 75.9 cm³/mol. The maximum atomic E-state index is 5.50. The van der Waals surface area contributed by atoms with Gasteiger partial charge in [0.2, 0.25) is 0 Å².